The number of hydrogen-bond acceptors (Lipinski definition) is 18. The number of nitrogens with one attached hydrogen (secondary N) is 11. The smallest absolute Gasteiger partial charge is 0.323 e. The number of nitrogens with two attached hydrogens (primary N) is 1. The molecular weight excluding hydrogens is 1250 g/mol. The lowest BCUT2D eigenvalue weighted by Gasteiger charge is -2.37. The molecule has 2 atom stereocenters. The van der Waals surface area contributed by atoms with Crippen LogP contribution in [0.4, 0.5) is 16.2 Å². The fourth-order valence-electron chi connectivity index (χ4n) is 9.75. The zero-order valence-electron chi connectivity index (χ0n) is 54.4. The molecule has 2 aromatic carbocycles. The van der Waals surface area contributed by atoms with E-state index in [0.29, 0.717) is 55.5 Å². The maximum atomic E-state index is 13.8. The molecule has 0 spiro atoms. The molecule has 2 aliphatic rings. The Labute approximate surface area is 556 Å². The maximum absolute atomic E-state index is 13.8. The largest absolute Gasteiger partial charge is 0.481 e. The van der Waals surface area contributed by atoms with Crippen LogP contribution >= 0.6 is 0 Å². The van der Waals surface area contributed by atoms with E-state index in [-0.39, 0.29) is 174 Å². The first-order valence-corrected chi connectivity index (χ1v) is 32.2. The molecule has 2 aromatic rings. The SMILES string of the molecule is Cc1ccccc1NC(=O)Nc1ccc(CC(=O)NCC(=O)N[C@@H](CCCC(=O)O)C(=O)NC2(C(=O)NCCOCCOCCNC(=O)CCC(=O)NCCOCCOCCNC(=O)CCC(=O)N[C@@H](CCCCNC(=O)CCN3C(=O)C=CC3=O)C(N)=O)CCCCC2)cc1. The Bertz CT molecular complexity index is 2940. The summed E-state index contributed by atoms with van der Waals surface area (Å²) in [6.07, 6.45) is 5.36. The van der Waals surface area contributed by atoms with Crippen LogP contribution in [0.2, 0.25) is 0 Å². The fourth-order valence-corrected chi connectivity index (χ4v) is 9.75. The van der Waals surface area contributed by atoms with Crippen LogP contribution < -0.4 is 64.2 Å². The van der Waals surface area contributed by atoms with E-state index < -0.39 is 89.3 Å². The van der Waals surface area contributed by atoms with Gasteiger partial charge in [0.05, 0.1) is 65.8 Å². The van der Waals surface area contributed by atoms with Gasteiger partial charge in [0.2, 0.25) is 59.1 Å². The Morgan fingerprint density at radius 3 is 1.59 bits per heavy atom. The third-order valence-corrected chi connectivity index (χ3v) is 15.0. The molecule has 32 heteroatoms. The highest BCUT2D eigenvalue weighted by atomic mass is 16.5. The second-order valence-electron chi connectivity index (χ2n) is 22.6. The molecule has 1 aliphatic carbocycles. The van der Waals surface area contributed by atoms with E-state index >= 15 is 0 Å². The van der Waals surface area contributed by atoms with Crippen LogP contribution in [0.5, 0.6) is 0 Å². The number of hydrogen-bond donors (Lipinski definition) is 13. The quantitative estimate of drug-likeness (QED) is 0.0294. The highest BCUT2D eigenvalue weighted by Crippen LogP contribution is 2.29. The number of aliphatic carboxylic acids is 1. The van der Waals surface area contributed by atoms with Gasteiger partial charge in [-0.3, -0.25) is 67.2 Å². The van der Waals surface area contributed by atoms with Gasteiger partial charge in [-0.1, -0.05) is 49.6 Å². The molecule has 0 saturated heterocycles. The zero-order chi connectivity index (χ0) is 69.9. The first-order chi connectivity index (χ1) is 46.1. The van der Waals surface area contributed by atoms with Gasteiger partial charge in [-0.15, -0.1) is 0 Å². The number of carboxylic acids is 1. The number of nitrogens with zero attached hydrogens (tertiary/aromatic N) is 1. The molecule has 1 saturated carbocycles. The Morgan fingerprint density at radius 2 is 1.04 bits per heavy atom. The van der Waals surface area contributed by atoms with Crippen molar-refractivity contribution in [3.05, 3.63) is 71.8 Å². The van der Waals surface area contributed by atoms with Crippen molar-refractivity contribution in [2.75, 3.05) is 109 Å². The van der Waals surface area contributed by atoms with Gasteiger partial charge in [0, 0.05) is 101 Å². The monoisotopic (exact) mass is 1350 g/mol. The van der Waals surface area contributed by atoms with Crippen molar-refractivity contribution in [3.63, 3.8) is 0 Å². The van der Waals surface area contributed by atoms with E-state index in [0.717, 1.165) is 29.0 Å². The number of unbranched alkanes of at least 4 members (excludes halogenated alkanes) is 1. The summed E-state index contributed by atoms with van der Waals surface area (Å²) >= 11 is 0. The van der Waals surface area contributed by atoms with Crippen molar-refractivity contribution in [2.45, 2.75) is 134 Å². The lowest BCUT2D eigenvalue weighted by atomic mass is 9.80. The van der Waals surface area contributed by atoms with Crippen LogP contribution in [-0.2, 0) is 87.7 Å². The summed E-state index contributed by atoms with van der Waals surface area (Å²) in [5.74, 6) is -7.05. The van der Waals surface area contributed by atoms with Crippen molar-refractivity contribution in [1.82, 2.24) is 52.8 Å². The van der Waals surface area contributed by atoms with E-state index in [9.17, 15) is 72.2 Å². The third kappa shape index (κ3) is 33.1. The minimum Gasteiger partial charge on any atom is -0.481 e. The Kier molecular flexibility index (Phi) is 37.1. The predicted octanol–water partition coefficient (Wildman–Crippen LogP) is -0.480. The molecular formula is C64H93N13O19. The van der Waals surface area contributed by atoms with Gasteiger partial charge in [0.25, 0.3) is 11.8 Å². The molecule has 32 nitrogen and oxygen atoms in total. The van der Waals surface area contributed by atoms with Crippen LogP contribution in [0.15, 0.2) is 60.7 Å². The number of carbonyl (C=O) groups is 14. The number of amides is 14. The van der Waals surface area contributed by atoms with Gasteiger partial charge in [0.15, 0.2) is 0 Å². The second kappa shape index (κ2) is 45.1. The Morgan fingerprint density at radius 1 is 0.531 bits per heavy atom. The molecule has 1 fully saturated rings. The zero-order valence-corrected chi connectivity index (χ0v) is 54.4. The first-order valence-electron chi connectivity index (χ1n) is 32.2. The van der Waals surface area contributed by atoms with Crippen LogP contribution in [0.25, 0.3) is 0 Å². The van der Waals surface area contributed by atoms with Crippen LogP contribution in [0, 0.1) is 6.92 Å². The van der Waals surface area contributed by atoms with Crippen LogP contribution in [0.1, 0.15) is 114 Å². The standard InChI is InChI=1S/C64H93N13O19/c1-44-10-3-4-11-47(44)75-63(92)72-46-17-15-45(16-18-46)42-55(83)71-43-56(84)74-49(13-9-14-59(87)88)61(90)76-64(26-6-2-7-27-64)62(91)70-32-37-96-41-40-95-35-30-68-51(79)20-19-50(78)67-29-34-93-38-39-94-36-31-69-52(80)21-22-54(82)73-48(60(65)89)12-5-8-28-66-53(81)25-33-77-57(85)23-24-58(77)86/h3-4,10-11,15-18,23-24,48-49H,2,5-9,12-14,19-22,25-43H2,1H3,(H2,65,89)(H,66,81)(H,67,78)(H,68,79)(H,69,80)(H,70,91)(H,71,83)(H,73,82)(H,74,84)(H,76,90)(H,87,88)(H2,72,75,92)/t48-,49-/m0/s1. The van der Waals surface area contributed by atoms with E-state index in [1.165, 1.54) is 0 Å². The predicted molar refractivity (Wildman–Crippen MR) is 347 cm³/mol. The van der Waals surface area contributed by atoms with Gasteiger partial charge in [-0.25, -0.2) is 4.79 Å². The molecule has 4 rings (SSSR count). The van der Waals surface area contributed by atoms with Crippen molar-refractivity contribution in [1.29, 1.82) is 0 Å². The average molecular weight is 1350 g/mol. The van der Waals surface area contributed by atoms with Crippen LogP contribution in [0.3, 0.4) is 0 Å². The van der Waals surface area contributed by atoms with Crippen molar-refractivity contribution < 1.29 is 91.2 Å². The number of urea groups is 1. The van der Waals surface area contributed by atoms with Gasteiger partial charge >= 0.3 is 12.0 Å². The van der Waals surface area contributed by atoms with E-state index in [1.807, 2.05) is 25.1 Å². The van der Waals surface area contributed by atoms with Crippen molar-refractivity contribution in [3.8, 4) is 0 Å². The lowest BCUT2D eigenvalue weighted by Crippen LogP contribution is -2.63. The number of rotatable bonds is 48. The molecule has 528 valence electrons. The molecule has 96 heavy (non-hydrogen) atoms. The summed E-state index contributed by atoms with van der Waals surface area (Å²) < 4.78 is 22.0. The van der Waals surface area contributed by atoms with Crippen molar-refractivity contribution in [2.24, 2.45) is 5.73 Å². The molecule has 0 unspecified atom stereocenters. The highest BCUT2D eigenvalue weighted by molar-refractivity contribution is 6.13. The first kappa shape index (κ1) is 79.0. The molecule has 0 radical (unpaired) electrons. The molecule has 0 bridgehead atoms. The van der Waals surface area contributed by atoms with Gasteiger partial charge < -0.3 is 88.3 Å². The average Bonchev–Trinajstić information content (AvgIpc) is 1.02. The topological polar surface area (TPSA) is 458 Å². The second-order valence-corrected chi connectivity index (χ2v) is 22.6. The summed E-state index contributed by atoms with van der Waals surface area (Å²) in [7, 11) is 0. The summed E-state index contributed by atoms with van der Waals surface area (Å²) in [5, 5.41) is 38.8. The summed E-state index contributed by atoms with van der Waals surface area (Å²) in [4.78, 5) is 175. The normalized spacial score (nSPS) is 13.7. The molecule has 1 heterocycles. The Balaban J connectivity index is 0.968. The number of carboxylic acid groups (broad SMARTS) is 1. The number of imide groups is 1. The summed E-state index contributed by atoms with van der Waals surface area (Å²) in [6, 6.07) is 11.3. The number of benzene rings is 2. The number of ether oxygens (including phenoxy) is 4. The molecule has 1 aliphatic heterocycles. The number of aryl methyl sites for hydroxylation is 1. The van der Waals surface area contributed by atoms with Crippen molar-refractivity contribution >= 4 is 94.3 Å². The van der Waals surface area contributed by atoms with Gasteiger partial charge in [-0.2, -0.15) is 0 Å². The molecule has 0 aromatic heterocycles. The number of para-hydroxylation sites is 1. The minimum absolute atomic E-state index is 0.0365. The molecule has 14 amide bonds. The lowest BCUT2D eigenvalue weighted by molar-refractivity contribution is -0.139. The third-order valence-electron chi connectivity index (χ3n) is 15.0. The number of carbonyl (C=O) groups excluding carboxylic acids is 13. The van der Waals surface area contributed by atoms with Gasteiger partial charge in [0.1, 0.15) is 17.6 Å². The summed E-state index contributed by atoms with van der Waals surface area (Å²) in [6.45, 7) is 3.72. The van der Waals surface area contributed by atoms with E-state index in [1.54, 1.807) is 30.3 Å². The van der Waals surface area contributed by atoms with E-state index in [2.05, 4.69) is 58.5 Å². The maximum Gasteiger partial charge on any atom is 0.323 e. The fraction of sp³-hybridized carbons (Fsp3) is 0.562. The number of primary amides is 1. The minimum atomic E-state index is -1.30. The molecule has 14 N–H and O–H groups in total. The van der Waals surface area contributed by atoms with Crippen LogP contribution in [-0.4, -0.2) is 209 Å². The summed E-state index contributed by atoms with van der Waals surface area (Å²) in [5.41, 5.74) is 6.79. The Hall–Kier alpha value is -9.40. The number of anilines is 2. The van der Waals surface area contributed by atoms with Gasteiger partial charge in [-0.05, 0) is 81.2 Å². The van der Waals surface area contributed by atoms with E-state index in [4.69, 9.17) is 24.7 Å². The highest BCUT2D eigenvalue weighted by Gasteiger charge is 2.42.